The van der Waals surface area contributed by atoms with Gasteiger partial charge in [0.1, 0.15) is 5.76 Å². The third-order valence-electron chi connectivity index (χ3n) is 3.76. The largest absolute Gasteiger partial charge is 0.469 e. The molecule has 1 amide bonds. The smallest absolute Gasteiger partial charge is 0.268 e. The maximum absolute atomic E-state index is 12.3. The van der Waals surface area contributed by atoms with E-state index in [0.717, 1.165) is 11.3 Å². The number of carbonyl (C=O) groups is 1. The summed E-state index contributed by atoms with van der Waals surface area (Å²) in [5.41, 5.74) is 7.36. The molecule has 2 heterocycles. The summed E-state index contributed by atoms with van der Waals surface area (Å²) in [6, 6.07) is 13.2. The Bertz CT molecular complexity index is 832. The van der Waals surface area contributed by atoms with Gasteiger partial charge < -0.3 is 15.2 Å². The first-order valence-electron chi connectivity index (χ1n) is 7.30. The zero-order valence-electron chi connectivity index (χ0n) is 12.4. The minimum absolute atomic E-state index is 0.0102. The van der Waals surface area contributed by atoms with Crippen LogP contribution >= 0.6 is 0 Å². The second-order valence-corrected chi connectivity index (χ2v) is 5.37. The van der Waals surface area contributed by atoms with Crippen molar-refractivity contribution >= 4 is 5.91 Å². The normalized spacial score (nSPS) is 12.2. The van der Waals surface area contributed by atoms with Gasteiger partial charge in [0.25, 0.3) is 5.56 Å². The molecule has 6 heteroatoms. The van der Waals surface area contributed by atoms with E-state index in [1.807, 2.05) is 30.3 Å². The number of aromatic nitrogens is 2. The number of benzene rings is 1. The van der Waals surface area contributed by atoms with E-state index in [4.69, 9.17) is 10.2 Å². The molecule has 0 bridgehead atoms. The van der Waals surface area contributed by atoms with Crippen LogP contribution in [0.3, 0.4) is 0 Å². The van der Waals surface area contributed by atoms with E-state index >= 15 is 0 Å². The summed E-state index contributed by atoms with van der Waals surface area (Å²) >= 11 is 0. The van der Waals surface area contributed by atoms with Crippen molar-refractivity contribution in [3.05, 3.63) is 81.7 Å². The number of carbonyl (C=O) groups excluding carboxylic acids is 1. The Morgan fingerprint density at radius 1 is 1.13 bits per heavy atom. The molecule has 0 spiro atoms. The summed E-state index contributed by atoms with van der Waals surface area (Å²) in [4.78, 5) is 23.7. The summed E-state index contributed by atoms with van der Waals surface area (Å²) in [5, 5.41) is 5.51. The number of furan rings is 1. The maximum atomic E-state index is 12.3. The minimum Gasteiger partial charge on any atom is -0.469 e. The highest BCUT2D eigenvalue weighted by atomic mass is 16.3. The third-order valence-corrected chi connectivity index (χ3v) is 3.76. The number of nitrogens with two attached hydrogens (primary N) is 1. The molecule has 118 valence electrons. The Morgan fingerprint density at radius 3 is 2.57 bits per heavy atom. The SMILES string of the molecule is NC(=O)C[C@H](c1ccco1)c1c(Cc2ccccc2)[nH][nH]c1=O. The second kappa shape index (κ2) is 6.39. The van der Waals surface area contributed by atoms with Gasteiger partial charge in [0, 0.05) is 18.5 Å². The van der Waals surface area contributed by atoms with Gasteiger partial charge in [0.2, 0.25) is 5.91 Å². The Kier molecular flexibility index (Phi) is 4.14. The van der Waals surface area contributed by atoms with Crippen LogP contribution in [0.4, 0.5) is 0 Å². The molecule has 1 aromatic carbocycles. The lowest BCUT2D eigenvalue weighted by Gasteiger charge is -2.12. The first-order chi connectivity index (χ1) is 11.1. The van der Waals surface area contributed by atoms with Crippen LogP contribution in [-0.4, -0.2) is 16.1 Å². The molecule has 0 fully saturated rings. The van der Waals surface area contributed by atoms with E-state index in [1.165, 1.54) is 6.26 Å². The van der Waals surface area contributed by atoms with Crippen molar-refractivity contribution in [1.82, 2.24) is 10.2 Å². The predicted octanol–water partition coefficient (Wildman–Crippen LogP) is 1.89. The number of rotatable bonds is 6. The second-order valence-electron chi connectivity index (χ2n) is 5.37. The van der Waals surface area contributed by atoms with Crippen LogP contribution in [0.5, 0.6) is 0 Å². The summed E-state index contributed by atoms with van der Waals surface area (Å²) < 4.78 is 5.41. The number of amides is 1. The lowest BCUT2D eigenvalue weighted by atomic mass is 9.91. The molecule has 4 N–H and O–H groups in total. The van der Waals surface area contributed by atoms with Gasteiger partial charge in [-0.3, -0.25) is 14.7 Å². The van der Waals surface area contributed by atoms with Crippen molar-refractivity contribution in [3.63, 3.8) is 0 Å². The van der Waals surface area contributed by atoms with Gasteiger partial charge in [-0.15, -0.1) is 0 Å². The maximum Gasteiger partial charge on any atom is 0.268 e. The molecule has 0 radical (unpaired) electrons. The number of hydrogen-bond acceptors (Lipinski definition) is 3. The molecule has 3 aromatic rings. The average molecular weight is 311 g/mol. The zero-order chi connectivity index (χ0) is 16.2. The molecule has 6 nitrogen and oxygen atoms in total. The number of aromatic amines is 2. The molecule has 0 saturated heterocycles. The highest BCUT2D eigenvalue weighted by molar-refractivity contribution is 5.75. The lowest BCUT2D eigenvalue weighted by molar-refractivity contribution is -0.118. The highest BCUT2D eigenvalue weighted by Gasteiger charge is 2.26. The van der Waals surface area contributed by atoms with E-state index in [-0.39, 0.29) is 12.0 Å². The molecule has 0 aliphatic heterocycles. The van der Waals surface area contributed by atoms with E-state index in [0.29, 0.717) is 17.7 Å². The van der Waals surface area contributed by atoms with Crippen LogP contribution in [0.25, 0.3) is 0 Å². The lowest BCUT2D eigenvalue weighted by Crippen LogP contribution is -2.20. The molecule has 0 saturated carbocycles. The van der Waals surface area contributed by atoms with Crippen LogP contribution in [0.2, 0.25) is 0 Å². The summed E-state index contributed by atoms with van der Waals surface area (Å²) in [6.07, 6.45) is 2.07. The molecule has 0 aliphatic carbocycles. The van der Waals surface area contributed by atoms with E-state index in [1.54, 1.807) is 12.1 Å². The van der Waals surface area contributed by atoms with Crippen LogP contribution in [0, 0.1) is 0 Å². The number of hydrogen-bond donors (Lipinski definition) is 3. The fourth-order valence-electron chi connectivity index (χ4n) is 2.75. The zero-order valence-corrected chi connectivity index (χ0v) is 12.4. The fourth-order valence-corrected chi connectivity index (χ4v) is 2.75. The summed E-state index contributed by atoms with van der Waals surface area (Å²) in [6.45, 7) is 0. The summed E-state index contributed by atoms with van der Waals surface area (Å²) in [5.74, 6) is -0.447. The van der Waals surface area contributed by atoms with Crippen LogP contribution < -0.4 is 11.3 Å². The molecule has 23 heavy (non-hydrogen) atoms. The van der Waals surface area contributed by atoms with Gasteiger partial charge in [0.15, 0.2) is 0 Å². The van der Waals surface area contributed by atoms with Gasteiger partial charge in [0.05, 0.1) is 17.7 Å². The van der Waals surface area contributed by atoms with Gasteiger partial charge in [-0.1, -0.05) is 30.3 Å². The number of primary amides is 1. The summed E-state index contributed by atoms with van der Waals surface area (Å²) in [7, 11) is 0. The Hall–Kier alpha value is -3.02. The van der Waals surface area contributed by atoms with Gasteiger partial charge in [-0.05, 0) is 17.7 Å². The van der Waals surface area contributed by atoms with Crippen molar-refractivity contribution in [3.8, 4) is 0 Å². The molecular formula is C17H17N3O3. The quantitative estimate of drug-likeness (QED) is 0.647. The van der Waals surface area contributed by atoms with Crippen LogP contribution in [0.1, 0.15) is 34.9 Å². The van der Waals surface area contributed by atoms with E-state index in [9.17, 15) is 9.59 Å². The first-order valence-corrected chi connectivity index (χ1v) is 7.30. The molecule has 3 rings (SSSR count). The van der Waals surface area contributed by atoms with Crippen molar-refractivity contribution in [2.45, 2.75) is 18.8 Å². The van der Waals surface area contributed by atoms with Gasteiger partial charge >= 0.3 is 0 Å². The van der Waals surface area contributed by atoms with Gasteiger partial charge in [-0.2, -0.15) is 0 Å². The van der Waals surface area contributed by atoms with E-state index in [2.05, 4.69) is 10.2 Å². The number of H-pyrrole nitrogens is 2. The molecule has 1 atom stereocenters. The Balaban J connectivity index is 2.01. The van der Waals surface area contributed by atoms with Crippen LogP contribution in [0.15, 0.2) is 57.9 Å². The van der Waals surface area contributed by atoms with Crippen LogP contribution in [-0.2, 0) is 11.2 Å². The van der Waals surface area contributed by atoms with Gasteiger partial charge in [-0.25, -0.2) is 0 Å². The molecular weight excluding hydrogens is 294 g/mol. The average Bonchev–Trinajstić information content (AvgIpc) is 3.17. The monoisotopic (exact) mass is 311 g/mol. The highest BCUT2D eigenvalue weighted by Crippen LogP contribution is 2.28. The first kappa shape index (κ1) is 14.9. The fraction of sp³-hybridized carbons (Fsp3) is 0.176. The minimum atomic E-state index is -0.504. The van der Waals surface area contributed by atoms with Crippen molar-refractivity contribution in [2.75, 3.05) is 0 Å². The molecule has 2 aromatic heterocycles. The number of nitrogens with one attached hydrogen (secondary N) is 2. The standard InChI is InChI=1S/C17H17N3O3/c18-15(21)10-12(14-7-4-8-23-14)16-13(19-20-17(16)22)9-11-5-2-1-3-6-11/h1-8,12H,9-10H2,(H2,18,21)(H2,19,20,22)/t12-/m1/s1. The topological polar surface area (TPSA) is 105 Å². The van der Waals surface area contributed by atoms with Crippen molar-refractivity contribution in [2.24, 2.45) is 5.73 Å². The Labute approximate surface area is 132 Å². The van der Waals surface area contributed by atoms with Crippen molar-refractivity contribution in [1.29, 1.82) is 0 Å². The third kappa shape index (κ3) is 3.26. The molecule has 0 aliphatic rings. The van der Waals surface area contributed by atoms with E-state index < -0.39 is 11.8 Å². The van der Waals surface area contributed by atoms with Crippen molar-refractivity contribution < 1.29 is 9.21 Å². The predicted molar refractivity (Wildman–Crippen MR) is 85.0 cm³/mol. The molecule has 0 unspecified atom stereocenters. The Morgan fingerprint density at radius 2 is 1.91 bits per heavy atom.